The van der Waals surface area contributed by atoms with Crippen LogP contribution in [0.5, 0.6) is 5.75 Å². The summed E-state index contributed by atoms with van der Waals surface area (Å²) in [5.74, 6) is 0.369. The van der Waals surface area contributed by atoms with Crippen molar-refractivity contribution >= 4 is 23.2 Å². The zero-order valence-electron chi connectivity index (χ0n) is 13.4. The molecule has 0 bridgehead atoms. The summed E-state index contributed by atoms with van der Waals surface area (Å²) < 4.78 is 5.88. The average Bonchev–Trinajstić information content (AvgIpc) is 3.20. The summed E-state index contributed by atoms with van der Waals surface area (Å²) in [6.07, 6.45) is 1.59. The Morgan fingerprint density at radius 2 is 1.80 bits per heavy atom. The molecule has 3 aromatic rings. The first-order valence-corrected chi connectivity index (χ1v) is 8.61. The summed E-state index contributed by atoms with van der Waals surface area (Å²) in [5, 5.41) is 11.2. The van der Waals surface area contributed by atoms with Crippen LogP contribution in [0.3, 0.4) is 0 Å². The van der Waals surface area contributed by atoms with E-state index < -0.39 is 0 Å². The molecule has 3 rings (SSSR count). The standard InChI is InChI=1S/C21H15NO2S/c22-14-18(21(23)20-11-6-12-25-20)13-17-9-4-5-10-19(17)24-15-16-7-2-1-3-8-16/h1-13H,15H2/b18-13+. The number of carbonyl (C=O) groups excluding carboxylic acids is 1. The van der Waals surface area contributed by atoms with E-state index in [0.29, 0.717) is 22.8 Å². The Hall–Kier alpha value is -3.16. The van der Waals surface area contributed by atoms with Gasteiger partial charge in [0.25, 0.3) is 0 Å². The number of thiophene rings is 1. The van der Waals surface area contributed by atoms with Gasteiger partial charge in [-0.1, -0.05) is 54.6 Å². The first kappa shape index (κ1) is 16.7. The number of nitrogens with zero attached hydrogens (tertiary/aromatic N) is 1. The summed E-state index contributed by atoms with van der Waals surface area (Å²) in [5.41, 5.74) is 1.86. The van der Waals surface area contributed by atoms with Crippen LogP contribution in [-0.4, -0.2) is 5.78 Å². The van der Waals surface area contributed by atoms with E-state index in [0.717, 1.165) is 5.56 Å². The first-order valence-electron chi connectivity index (χ1n) is 7.73. The number of ether oxygens (including phenoxy) is 1. The molecule has 0 saturated heterocycles. The zero-order valence-corrected chi connectivity index (χ0v) is 14.2. The van der Waals surface area contributed by atoms with Crippen LogP contribution >= 0.6 is 11.3 Å². The fraction of sp³-hybridized carbons (Fsp3) is 0.0476. The minimum atomic E-state index is -0.268. The van der Waals surface area contributed by atoms with E-state index in [4.69, 9.17) is 4.74 Å². The highest BCUT2D eigenvalue weighted by Crippen LogP contribution is 2.24. The van der Waals surface area contributed by atoms with E-state index in [2.05, 4.69) is 0 Å². The van der Waals surface area contributed by atoms with E-state index >= 15 is 0 Å². The maximum Gasteiger partial charge on any atom is 0.213 e. The van der Waals surface area contributed by atoms with Crippen LogP contribution in [0.15, 0.2) is 77.7 Å². The van der Waals surface area contributed by atoms with Crippen LogP contribution in [-0.2, 0) is 6.61 Å². The molecule has 0 aliphatic carbocycles. The summed E-state index contributed by atoms with van der Waals surface area (Å²) in [6.45, 7) is 0.423. The van der Waals surface area contributed by atoms with Gasteiger partial charge in [-0.25, -0.2) is 0 Å². The quantitative estimate of drug-likeness (QED) is 0.354. The Morgan fingerprint density at radius 3 is 2.52 bits per heavy atom. The predicted octanol–water partition coefficient (Wildman–Crippen LogP) is 5.12. The highest BCUT2D eigenvalue weighted by Gasteiger charge is 2.14. The minimum Gasteiger partial charge on any atom is -0.488 e. The lowest BCUT2D eigenvalue weighted by Crippen LogP contribution is -2.00. The van der Waals surface area contributed by atoms with Gasteiger partial charge in [-0.2, -0.15) is 5.26 Å². The van der Waals surface area contributed by atoms with Crippen molar-refractivity contribution in [1.29, 1.82) is 5.26 Å². The summed E-state index contributed by atoms with van der Waals surface area (Å²) in [7, 11) is 0. The SMILES string of the molecule is N#C/C(=C\c1ccccc1OCc1ccccc1)C(=O)c1cccs1. The molecule has 1 aromatic heterocycles. The van der Waals surface area contributed by atoms with Crippen LogP contribution in [0, 0.1) is 11.3 Å². The van der Waals surface area contributed by atoms with Gasteiger partial charge < -0.3 is 4.74 Å². The number of hydrogen-bond acceptors (Lipinski definition) is 4. The van der Waals surface area contributed by atoms with Crippen molar-refractivity contribution in [1.82, 2.24) is 0 Å². The van der Waals surface area contributed by atoms with Crippen LogP contribution in [0.2, 0.25) is 0 Å². The molecule has 0 aliphatic heterocycles. The van der Waals surface area contributed by atoms with E-state index in [1.165, 1.54) is 11.3 Å². The van der Waals surface area contributed by atoms with E-state index in [1.807, 2.05) is 66.0 Å². The second-order valence-electron chi connectivity index (χ2n) is 5.29. The zero-order chi connectivity index (χ0) is 17.5. The van der Waals surface area contributed by atoms with Gasteiger partial charge in [0.05, 0.1) is 4.88 Å². The molecule has 4 heteroatoms. The number of rotatable bonds is 6. The van der Waals surface area contributed by atoms with Gasteiger partial charge in [-0.05, 0) is 29.2 Å². The minimum absolute atomic E-state index is 0.0956. The normalized spacial score (nSPS) is 10.9. The molecule has 0 saturated carbocycles. The fourth-order valence-electron chi connectivity index (χ4n) is 2.31. The fourth-order valence-corrected chi connectivity index (χ4v) is 2.99. The largest absolute Gasteiger partial charge is 0.488 e. The Balaban J connectivity index is 1.84. The van der Waals surface area contributed by atoms with Crippen LogP contribution in [0.4, 0.5) is 0 Å². The first-order chi connectivity index (χ1) is 12.3. The van der Waals surface area contributed by atoms with Gasteiger partial charge in [-0.3, -0.25) is 4.79 Å². The van der Waals surface area contributed by atoms with Crippen LogP contribution in [0.1, 0.15) is 20.8 Å². The lowest BCUT2D eigenvalue weighted by atomic mass is 10.1. The Kier molecular flexibility index (Phi) is 5.40. The van der Waals surface area contributed by atoms with Crippen molar-refractivity contribution in [3.8, 4) is 11.8 Å². The molecule has 0 aliphatic rings. The average molecular weight is 345 g/mol. The number of benzene rings is 2. The summed E-state index contributed by atoms with van der Waals surface area (Å²) >= 11 is 1.32. The van der Waals surface area contributed by atoms with Crippen molar-refractivity contribution in [2.45, 2.75) is 6.61 Å². The highest BCUT2D eigenvalue weighted by atomic mass is 32.1. The molecule has 0 spiro atoms. The van der Waals surface area contributed by atoms with Gasteiger partial charge in [0.15, 0.2) is 0 Å². The predicted molar refractivity (Wildman–Crippen MR) is 99.5 cm³/mol. The van der Waals surface area contributed by atoms with Gasteiger partial charge >= 0.3 is 0 Å². The number of carbonyl (C=O) groups is 1. The van der Waals surface area contributed by atoms with Crippen molar-refractivity contribution in [3.63, 3.8) is 0 Å². The number of hydrogen-bond donors (Lipinski definition) is 0. The number of allylic oxidation sites excluding steroid dienone is 1. The molecule has 0 radical (unpaired) electrons. The number of ketones is 1. The second kappa shape index (κ2) is 8.09. The third-order valence-electron chi connectivity index (χ3n) is 3.57. The highest BCUT2D eigenvalue weighted by molar-refractivity contribution is 7.12. The molecule has 0 unspecified atom stereocenters. The van der Waals surface area contributed by atoms with Crippen molar-refractivity contribution in [3.05, 3.63) is 93.7 Å². The van der Waals surface area contributed by atoms with Crippen molar-refractivity contribution in [2.75, 3.05) is 0 Å². The third-order valence-corrected chi connectivity index (χ3v) is 4.43. The van der Waals surface area contributed by atoms with Gasteiger partial charge in [0.2, 0.25) is 5.78 Å². The smallest absolute Gasteiger partial charge is 0.213 e. The number of para-hydroxylation sites is 1. The van der Waals surface area contributed by atoms with E-state index in [1.54, 1.807) is 18.2 Å². The second-order valence-corrected chi connectivity index (χ2v) is 6.24. The van der Waals surface area contributed by atoms with E-state index in [9.17, 15) is 10.1 Å². The molecule has 122 valence electrons. The molecular weight excluding hydrogens is 330 g/mol. The molecule has 0 fully saturated rings. The third kappa shape index (κ3) is 4.23. The Bertz CT molecular complexity index is 922. The lowest BCUT2D eigenvalue weighted by molar-refractivity contribution is 0.104. The van der Waals surface area contributed by atoms with Crippen LogP contribution in [0.25, 0.3) is 6.08 Å². The lowest BCUT2D eigenvalue weighted by Gasteiger charge is -2.09. The maximum absolute atomic E-state index is 12.4. The van der Waals surface area contributed by atoms with E-state index in [-0.39, 0.29) is 11.4 Å². The van der Waals surface area contributed by atoms with Gasteiger partial charge in [0, 0.05) is 5.56 Å². The Labute approximate surface area is 150 Å². The molecule has 1 heterocycles. The topological polar surface area (TPSA) is 50.1 Å². The van der Waals surface area contributed by atoms with Gasteiger partial charge in [0.1, 0.15) is 24.0 Å². The molecule has 25 heavy (non-hydrogen) atoms. The summed E-state index contributed by atoms with van der Waals surface area (Å²) in [6, 6.07) is 22.7. The van der Waals surface area contributed by atoms with Gasteiger partial charge in [-0.15, -0.1) is 11.3 Å². The molecule has 0 N–H and O–H groups in total. The molecular formula is C21H15NO2S. The molecule has 0 atom stereocenters. The molecule has 0 amide bonds. The Morgan fingerprint density at radius 1 is 1.04 bits per heavy atom. The number of Topliss-reactive ketones (excluding diaryl/α,β-unsaturated/α-hetero) is 1. The summed E-state index contributed by atoms with van der Waals surface area (Å²) in [4.78, 5) is 13.0. The van der Waals surface area contributed by atoms with Crippen molar-refractivity contribution in [2.24, 2.45) is 0 Å². The van der Waals surface area contributed by atoms with Crippen molar-refractivity contribution < 1.29 is 9.53 Å². The monoisotopic (exact) mass is 345 g/mol. The maximum atomic E-state index is 12.4. The van der Waals surface area contributed by atoms with Crippen LogP contribution < -0.4 is 4.74 Å². The molecule has 3 nitrogen and oxygen atoms in total. The number of nitriles is 1. The molecule has 2 aromatic carbocycles.